The first-order chi connectivity index (χ1) is 19.5. The van der Waals surface area contributed by atoms with Gasteiger partial charge in [-0.3, -0.25) is 0 Å². The van der Waals surface area contributed by atoms with Gasteiger partial charge < -0.3 is 4.42 Å². The van der Waals surface area contributed by atoms with Gasteiger partial charge in [0.15, 0.2) is 5.69 Å². The van der Waals surface area contributed by atoms with Crippen LogP contribution in [-0.2, 0) is 7.05 Å². The molecular weight excluding hydrogens is 440 g/mol. The van der Waals surface area contributed by atoms with E-state index in [9.17, 15) is 5.26 Å². The zero-order valence-electron chi connectivity index (χ0n) is 26.1. The highest BCUT2D eigenvalue weighted by molar-refractivity contribution is 6.15. The first kappa shape index (κ1) is 17.5. The standard InChI is InChI=1S/C33H31N2O/c1-20-14-15-27-31-26(19-34)16-21(2)29(24-12-6-5-7-13-24)33(31)36-32(27)30(20)28-18-25(17-22(3)35(28)4)23-10-8-9-11-23/h5-7,12-18,23H,8-11H2,1-4H3/q+1/i5D,6D,7D,12D,13D. The molecule has 1 saturated carbocycles. The Bertz CT molecular complexity index is 1930. The zero-order chi connectivity index (χ0) is 29.3. The Morgan fingerprint density at radius 2 is 1.69 bits per heavy atom. The van der Waals surface area contributed by atoms with Crippen molar-refractivity contribution in [3.8, 4) is 28.5 Å². The van der Waals surface area contributed by atoms with E-state index in [4.69, 9.17) is 11.3 Å². The molecule has 0 atom stereocenters. The Kier molecular flexibility index (Phi) is 4.21. The lowest BCUT2D eigenvalue weighted by atomic mass is 9.92. The van der Waals surface area contributed by atoms with Gasteiger partial charge >= 0.3 is 0 Å². The lowest BCUT2D eigenvalue weighted by Crippen LogP contribution is -2.35. The fraction of sp³-hybridized carbons (Fsp3) is 0.273. The summed E-state index contributed by atoms with van der Waals surface area (Å²) in [6.07, 6.45) is 4.86. The molecule has 0 saturated heterocycles. The highest BCUT2D eigenvalue weighted by Gasteiger charge is 2.27. The first-order valence-corrected chi connectivity index (χ1v) is 12.5. The van der Waals surface area contributed by atoms with Gasteiger partial charge in [0.2, 0.25) is 5.69 Å². The molecule has 36 heavy (non-hydrogen) atoms. The van der Waals surface area contributed by atoms with E-state index in [0.29, 0.717) is 39.2 Å². The number of hydrogen-bond donors (Lipinski definition) is 0. The molecule has 0 spiro atoms. The molecule has 0 radical (unpaired) electrons. The summed E-state index contributed by atoms with van der Waals surface area (Å²) in [5, 5.41) is 11.5. The minimum Gasteiger partial charge on any atom is -0.454 e. The van der Waals surface area contributed by atoms with Crippen molar-refractivity contribution in [2.45, 2.75) is 52.4 Å². The van der Waals surface area contributed by atoms with Crippen LogP contribution in [0.25, 0.3) is 44.3 Å². The van der Waals surface area contributed by atoms with Gasteiger partial charge in [0.1, 0.15) is 18.2 Å². The summed E-state index contributed by atoms with van der Waals surface area (Å²) in [4.78, 5) is 0. The molecule has 3 nitrogen and oxygen atoms in total. The molecule has 0 N–H and O–H groups in total. The second kappa shape index (κ2) is 8.64. The van der Waals surface area contributed by atoms with Gasteiger partial charge in [-0.25, -0.2) is 0 Å². The lowest BCUT2D eigenvalue weighted by Gasteiger charge is -2.13. The fourth-order valence-corrected chi connectivity index (χ4v) is 5.89. The fourth-order valence-electron chi connectivity index (χ4n) is 5.89. The highest BCUT2D eigenvalue weighted by atomic mass is 16.3. The van der Waals surface area contributed by atoms with Crippen LogP contribution in [-0.4, -0.2) is 0 Å². The number of aromatic nitrogens is 1. The molecule has 0 aliphatic heterocycles. The summed E-state index contributed by atoms with van der Waals surface area (Å²) in [6.45, 7) is 5.94. The number of pyridine rings is 1. The molecule has 6 rings (SSSR count). The molecule has 1 aliphatic rings. The van der Waals surface area contributed by atoms with Gasteiger partial charge in [0.25, 0.3) is 0 Å². The Morgan fingerprint density at radius 3 is 2.42 bits per heavy atom. The van der Waals surface area contributed by atoms with Crippen molar-refractivity contribution in [1.82, 2.24) is 0 Å². The Balaban J connectivity index is 1.75. The molecule has 2 heterocycles. The van der Waals surface area contributed by atoms with Crippen LogP contribution in [0.4, 0.5) is 0 Å². The number of nitriles is 1. The minimum atomic E-state index is -0.446. The third-order valence-corrected chi connectivity index (χ3v) is 7.84. The Labute approximate surface area is 219 Å². The van der Waals surface area contributed by atoms with Crippen molar-refractivity contribution < 1.29 is 15.8 Å². The van der Waals surface area contributed by atoms with Crippen LogP contribution in [0, 0.1) is 32.1 Å². The van der Waals surface area contributed by atoms with E-state index in [-0.39, 0.29) is 17.6 Å². The van der Waals surface area contributed by atoms with Crippen molar-refractivity contribution in [3.63, 3.8) is 0 Å². The molecule has 0 amide bonds. The number of benzene rings is 3. The summed E-state index contributed by atoms with van der Waals surface area (Å²) >= 11 is 0. The van der Waals surface area contributed by atoms with E-state index in [0.717, 1.165) is 27.9 Å². The van der Waals surface area contributed by atoms with Gasteiger partial charge in [-0.1, -0.05) is 55.2 Å². The maximum atomic E-state index is 10.2. The molecule has 0 unspecified atom stereocenters. The molecule has 0 bridgehead atoms. The third-order valence-electron chi connectivity index (χ3n) is 7.84. The molecular formula is C33H31N2O+. The van der Waals surface area contributed by atoms with Crippen LogP contribution in [0.2, 0.25) is 0 Å². The van der Waals surface area contributed by atoms with Gasteiger partial charge in [-0.2, -0.15) is 9.83 Å². The number of furan rings is 1. The van der Waals surface area contributed by atoms with Crippen molar-refractivity contribution >= 4 is 21.9 Å². The average molecular weight is 477 g/mol. The van der Waals surface area contributed by atoms with E-state index < -0.39 is 18.1 Å². The zero-order valence-corrected chi connectivity index (χ0v) is 21.1. The summed E-state index contributed by atoms with van der Waals surface area (Å²) in [7, 11) is 2.05. The van der Waals surface area contributed by atoms with E-state index in [1.807, 2.05) is 26.1 Å². The van der Waals surface area contributed by atoms with Crippen molar-refractivity contribution in [3.05, 3.63) is 88.5 Å². The molecule has 5 aromatic rings. The maximum Gasteiger partial charge on any atom is 0.216 e. The van der Waals surface area contributed by atoms with Gasteiger partial charge in [-0.05, 0) is 60.9 Å². The van der Waals surface area contributed by atoms with Crippen LogP contribution < -0.4 is 4.57 Å². The van der Waals surface area contributed by atoms with Crippen LogP contribution in [0.3, 0.4) is 0 Å². The van der Waals surface area contributed by atoms with E-state index in [1.54, 1.807) is 13.0 Å². The Hall–Kier alpha value is -3.90. The van der Waals surface area contributed by atoms with Crippen LogP contribution >= 0.6 is 0 Å². The number of aryl methyl sites for hydroxylation is 3. The third kappa shape index (κ3) is 3.44. The van der Waals surface area contributed by atoms with Crippen molar-refractivity contribution in [1.29, 1.82) is 5.26 Å². The van der Waals surface area contributed by atoms with Gasteiger partial charge in [-0.15, -0.1) is 0 Å². The van der Waals surface area contributed by atoms with Crippen molar-refractivity contribution in [2.75, 3.05) is 0 Å². The monoisotopic (exact) mass is 476 g/mol. The van der Waals surface area contributed by atoms with Crippen molar-refractivity contribution in [2.24, 2.45) is 7.05 Å². The predicted molar refractivity (Wildman–Crippen MR) is 146 cm³/mol. The van der Waals surface area contributed by atoms with E-state index in [2.05, 4.69) is 29.7 Å². The molecule has 1 aliphatic carbocycles. The minimum absolute atomic E-state index is 0.0740. The van der Waals surface area contributed by atoms with Gasteiger partial charge in [0.05, 0.1) is 24.0 Å². The lowest BCUT2D eigenvalue weighted by molar-refractivity contribution is -0.666. The number of rotatable bonds is 3. The summed E-state index contributed by atoms with van der Waals surface area (Å²) in [5.41, 5.74) is 7.93. The summed E-state index contributed by atoms with van der Waals surface area (Å²) in [5.74, 6) is 0.535. The highest BCUT2D eigenvalue weighted by Crippen LogP contribution is 2.44. The quantitative estimate of drug-likeness (QED) is 0.246. The molecule has 1 fully saturated rings. The normalized spacial score (nSPS) is 16.0. The second-order valence-corrected chi connectivity index (χ2v) is 10.0. The molecule has 3 aromatic carbocycles. The number of fused-ring (bicyclic) bond motifs is 3. The van der Waals surface area contributed by atoms with Crippen LogP contribution in [0.1, 0.15) is 66.4 Å². The van der Waals surface area contributed by atoms with Crippen LogP contribution in [0.5, 0.6) is 0 Å². The van der Waals surface area contributed by atoms with E-state index in [1.165, 1.54) is 31.2 Å². The molecule has 178 valence electrons. The average Bonchev–Trinajstić information content (AvgIpc) is 3.62. The number of nitrogens with zero attached hydrogens (tertiary/aromatic N) is 2. The predicted octanol–water partition coefficient (Wildman–Crippen LogP) is 8.20. The largest absolute Gasteiger partial charge is 0.454 e. The number of hydrogen-bond acceptors (Lipinski definition) is 2. The topological polar surface area (TPSA) is 40.8 Å². The van der Waals surface area contributed by atoms with E-state index >= 15 is 0 Å². The van der Waals surface area contributed by atoms with Crippen LogP contribution in [0.15, 0.2) is 65.0 Å². The molecule has 3 heteroatoms. The summed E-state index contributed by atoms with van der Waals surface area (Å²) < 4.78 is 50.8. The molecule has 2 aromatic heterocycles. The van der Waals surface area contributed by atoms with Gasteiger partial charge in [0, 0.05) is 35.4 Å². The maximum absolute atomic E-state index is 10.2. The smallest absolute Gasteiger partial charge is 0.216 e. The first-order valence-electron chi connectivity index (χ1n) is 15.0. The second-order valence-electron chi connectivity index (χ2n) is 10.0. The Morgan fingerprint density at radius 1 is 0.944 bits per heavy atom. The summed E-state index contributed by atoms with van der Waals surface area (Å²) in [6, 6.07) is 10.7. The SMILES string of the molecule is [2H]c1c([2H])c([2H])c(-c2c(C)cc(C#N)c3c2oc2c(-c4cc(C5CCCC5)cc(C)[n+]4C)c(C)ccc23)c([2H])c1[2H].